The molecule has 9 rings (SSSR count). The van der Waals surface area contributed by atoms with Crippen molar-refractivity contribution >= 4 is 17.9 Å². The Morgan fingerprint density at radius 1 is 0.609 bits per heavy atom. The summed E-state index contributed by atoms with van der Waals surface area (Å²) in [5.74, 6) is -4.02. The number of allylic oxidation sites excluding steroid dienone is 4. The Hall–Kier alpha value is -3.25. The lowest BCUT2D eigenvalue weighted by molar-refractivity contribution is -0.401. The third-order valence-corrected chi connectivity index (χ3v) is 23.8. The minimum atomic E-state index is -2.29. The molecule has 92 heavy (non-hydrogen) atoms. The first kappa shape index (κ1) is 73.0. The van der Waals surface area contributed by atoms with E-state index < -0.39 is 224 Å². The molecule has 15 N–H and O–H groups in total. The standard InChI is InChI=1S/C64H100O28/c1-11-27(3)53(81)91-50-51(92-54(82)28(4)12-2)64(26-68)30(21-59(50,5)6)29-13-14-35-60(7)17-16-37(61(8,19-20-65)34(60)15-18-62(35,9)63(29,10)22-36(64)70)86-58-49(90-56-44(77)42(75)40(73)33(24-67)85-56)46(45(78)47(88-58)52(79)80)87-57-48(38(71)31(69)25-83-57)89-55-43(76)41(74)39(72)32(23-66)84-55/h11-13,30-51,55-58,65-78H,14-26H2,1-10H3,(H,79,80)/b27-11-,28-12-/t30-,31-,32+,33+,34+,35+,36+,37-,38-,39+,40-,41-,42-,43-,44+,45-,46-,47-,48+,49+,50-,51-,55-,56-,57-,58+,60-,61-,62+,63+,64-/m0/s1. The molecular formula is C64H100O28. The molecule has 0 bridgehead atoms. The number of aliphatic hydroxyl groups excluding tert-OH is 14. The summed E-state index contributed by atoms with van der Waals surface area (Å²) in [5, 5.41) is 167. The van der Waals surface area contributed by atoms with E-state index in [2.05, 4.69) is 26.8 Å². The third-order valence-electron chi connectivity index (χ3n) is 23.8. The molecule has 31 atom stereocenters. The van der Waals surface area contributed by atoms with Gasteiger partial charge in [0.1, 0.15) is 91.6 Å². The van der Waals surface area contributed by atoms with Crippen LogP contribution in [0.2, 0.25) is 0 Å². The minimum absolute atomic E-state index is 0.115. The molecule has 0 aromatic heterocycles. The predicted molar refractivity (Wildman–Crippen MR) is 314 cm³/mol. The fraction of sp³-hybridized carbons (Fsp3) is 0.859. The molecule has 0 spiro atoms. The summed E-state index contributed by atoms with van der Waals surface area (Å²) in [5.41, 5.74) is -3.66. The zero-order valence-corrected chi connectivity index (χ0v) is 54.0. The largest absolute Gasteiger partial charge is 0.479 e. The number of hydrogen-bond acceptors (Lipinski definition) is 27. The maximum atomic E-state index is 13.9. The van der Waals surface area contributed by atoms with Gasteiger partial charge in [0.25, 0.3) is 0 Å². The third kappa shape index (κ3) is 12.2. The molecule has 0 aromatic rings. The van der Waals surface area contributed by atoms with E-state index in [4.69, 9.17) is 47.4 Å². The number of carbonyl (C=O) groups is 3. The summed E-state index contributed by atoms with van der Waals surface area (Å²) >= 11 is 0. The Morgan fingerprint density at radius 3 is 1.70 bits per heavy atom. The highest BCUT2D eigenvalue weighted by Crippen LogP contribution is 2.76. The van der Waals surface area contributed by atoms with E-state index in [1.807, 2.05) is 20.8 Å². The number of fused-ring (bicyclic) bond motifs is 7. The van der Waals surface area contributed by atoms with Crippen LogP contribution in [0.15, 0.2) is 34.9 Å². The topological polar surface area (TPSA) is 447 Å². The van der Waals surface area contributed by atoms with Crippen LogP contribution in [0.4, 0.5) is 0 Å². The molecule has 4 saturated carbocycles. The van der Waals surface area contributed by atoms with E-state index in [1.54, 1.807) is 39.8 Å². The van der Waals surface area contributed by atoms with Crippen molar-refractivity contribution in [1.82, 2.24) is 0 Å². The molecule has 5 aliphatic carbocycles. The van der Waals surface area contributed by atoms with Crippen molar-refractivity contribution in [2.75, 3.05) is 33.0 Å². The van der Waals surface area contributed by atoms with Crippen LogP contribution in [0.5, 0.6) is 0 Å². The quantitative estimate of drug-likeness (QED) is 0.0321. The van der Waals surface area contributed by atoms with Crippen LogP contribution < -0.4 is 0 Å². The van der Waals surface area contributed by atoms with E-state index in [9.17, 15) is 91.0 Å². The molecule has 0 radical (unpaired) electrons. The molecule has 28 nitrogen and oxygen atoms in total. The number of carboxylic acid groups (broad SMARTS) is 1. The number of carboxylic acids is 1. The van der Waals surface area contributed by atoms with Gasteiger partial charge in [-0.05, 0) is 118 Å². The smallest absolute Gasteiger partial charge is 0.335 e. The van der Waals surface area contributed by atoms with Crippen molar-refractivity contribution in [2.45, 2.75) is 262 Å². The number of aliphatic hydroxyl groups is 14. The van der Waals surface area contributed by atoms with E-state index in [0.29, 0.717) is 37.7 Å². The first-order valence-corrected chi connectivity index (χ1v) is 32.2. The zero-order valence-electron chi connectivity index (χ0n) is 54.0. The highest BCUT2D eigenvalue weighted by atomic mass is 16.8. The molecule has 0 amide bonds. The summed E-state index contributed by atoms with van der Waals surface area (Å²) in [6.45, 7) is 15.6. The lowest BCUT2D eigenvalue weighted by atomic mass is 9.32. The Balaban J connectivity index is 1.07. The van der Waals surface area contributed by atoms with Crippen molar-refractivity contribution in [3.8, 4) is 0 Å². The van der Waals surface area contributed by atoms with Gasteiger partial charge in [-0.25, -0.2) is 14.4 Å². The number of aliphatic carboxylic acids is 1. The van der Waals surface area contributed by atoms with Gasteiger partial charge in [0.15, 0.2) is 37.4 Å². The highest BCUT2D eigenvalue weighted by Gasteiger charge is 2.74. The van der Waals surface area contributed by atoms with Crippen LogP contribution in [0.25, 0.3) is 0 Å². The molecule has 9 aliphatic rings. The Morgan fingerprint density at radius 2 is 1.16 bits per heavy atom. The average Bonchev–Trinajstić information content (AvgIpc) is 0.669. The summed E-state index contributed by atoms with van der Waals surface area (Å²) in [4.78, 5) is 40.9. The average molecular weight is 1320 g/mol. The van der Waals surface area contributed by atoms with Crippen LogP contribution in [0, 0.1) is 50.2 Å². The molecular weight excluding hydrogens is 1220 g/mol. The van der Waals surface area contributed by atoms with E-state index in [0.717, 1.165) is 5.57 Å². The van der Waals surface area contributed by atoms with Crippen LogP contribution in [-0.4, -0.2) is 269 Å². The first-order chi connectivity index (χ1) is 43.2. The van der Waals surface area contributed by atoms with Crippen molar-refractivity contribution < 1.29 is 138 Å². The normalized spacial score (nSPS) is 49.6. The monoisotopic (exact) mass is 1320 g/mol. The predicted octanol–water partition coefficient (Wildman–Crippen LogP) is -1.52. The molecule has 0 unspecified atom stereocenters. The highest BCUT2D eigenvalue weighted by molar-refractivity contribution is 5.89. The number of ether oxygens (including phenoxy) is 10. The van der Waals surface area contributed by atoms with Gasteiger partial charge in [0, 0.05) is 23.2 Å². The Kier molecular flexibility index (Phi) is 21.9. The first-order valence-electron chi connectivity index (χ1n) is 32.2. The molecule has 4 aliphatic heterocycles. The van der Waals surface area contributed by atoms with Gasteiger partial charge in [0.2, 0.25) is 0 Å². The van der Waals surface area contributed by atoms with E-state index in [1.165, 1.54) is 0 Å². The van der Waals surface area contributed by atoms with Crippen molar-refractivity contribution in [2.24, 2.45) is 50.2 Å². The van der Waals surface area contributed by atoms with E-state index in [-0.39, 0.29) is 43.3 Å². The van der Waals surface area contributed by atoms with Crippen LogP contribution in [-0.2, 0) is 61.8 Å². The second kappa shape index (κ2) is 27.6. The van der Waals surface area contributed by atoms with Crippen LogP contribution >= 0.6 is 0 Å². The fourth-order valence-electron chi connectivity index (χ4n) is 17.9. The van der Waals surface area contributed by atoms with Crippen LogP contribution in [0.1, 0.15) is 121 Å². The molecule has 0 aromatic carbocycles. The van der Waals surface area contributed by atoms with Gasteiger partial charge in [-0.3, -0.25) is 0 Å². The van der Waals surface area contributed by atoms with Crippen molar-refractivity contribution in [3.63, 3.8) is 0 Å². The summed E-state index contributed by atoms with van der Waals surface area (Å²) in [7, 11) is 0. The molecule has 524 valence electrons. The van der Waals surface area contributed by atoms with Crippen molar-refractivity contribution in [1.29, 1.82) is 0 Å². The SMILES string of the molecule is C/C=C(/C)C(=O)O[C@H]1[C@H](OC(=O)/C(C)=C\C)[C@]2(CO)[C@H](O)C[C@]3(C)C(=CC[C@@H]4[C@@]5(C)CC[C@H](O[C@@H]6O[C@H](C(=O)O)[C@@H](O)[C@H](O[C@@H]7OC[C@H](O)[C@H](O)[C@H]7O[C@@H]7O[C@H](CO)[C@@H](O)[C@H](O)[C@@H]7O)[C@H]6O[C@@H]6O[C@H](CO)[C@H](O)[C@H](O)[C@H]6O)[C@@](C)(CCO)[C@@H]5CC[C@]43C)[C@@H]2CC1(C)C. The Labute approximate surface area is 534 Å². The maximum Gasteiger partial charge on any atom is 0.335 e. The fourth-order valence-corrected chi connectivity index (χ4v) is 17.9. The van der Waals surface area contributed by atoms with Gasteiger partial charge >= 0.3 is 17.9 Å². The summed E-state index contributed by atoms with van der Waals surface area (Å²) < 4.78 is 61.6. The van der Waals surface area contributed by atoms with Gasteiger partial charge in [0.05, 0.1) is 44.1 Å². The number of carbonyl (C=O) groups excluding carboxylic acids is 2. The number of rotatable bonds is 18. The second-order valence-electron chi connectivity index (χ2n) is 29.0. The van der Waals surface area contributed by atoms with Gasteiger partial charge in [-0.15, -0.1) is 0 Å². The van der Waals surface area contributed by atoms with E-state index >= 15 is 0 Å². The summed E-state index contributed by atoms with van der Waals surface area (Å²) in [6, 6.07) is 0. The molecule has 4 saturated heterocycles. The maximum absolute atomic E-state index is 13.9. The molecule has 4 heterocycles. The van der Waals surface area contributed by atoms with Crippen LogP contribution in [0.3, 0.4) is 0 Å². The van der Waals surface area contributed by atoms with Gasteiger partial charge in [-0.1, -0.05) is 65.3 Å². The lowest BCUT2D eigenvalue weighted by Gasteiger charge is -2.73. The lowest BCUT2D eigenvalue weighted by Crippen LogP contribution is -2.72. The molecule has 28 heteroatoms. The van der Waals surface area contributed by atoms with Crippen molar-refractivity contribution in [3.05, 3.63) is 34.9 Å². The minimum Gasteiger partial charge on any atom is -0.479 e. The number of hydrogen-bond donors (Lipinski definition) is 15. The zero-order chi connectivity index (χ0) is 67.9. The number of esters is 2. The van der Waals surface area contributed by atoms with Gasteiger partial charge in [-0.2, -0.15) is 0 Å². The Bertz CT molecular complexity index is 2720. The van der Waals surface area contributed by atoms with Gasteiger partial charge < -0.3 is 124 Å². The molecule has 8 fully saturated rings. The second-order valence-corrected chi connectivity index (χ2v) is 29.0. The summed E-state index contributed by atoms with van der Waals surface area (Å²) in [6.07, 6.45) is -33.5.